The zero-order valence-electron chi connectivity index (χ0n) is 12.5. The van der Waals surface area contributed by atoms with E-state index in [1.807, 2.05) is 31.2 Å². The first-order chi connectivity index (χ1) is 10.7. The van der Waals surface area contributed by atoms with Crippen molar-refractivity contribution in [3.63, 3.8) is 0 Å². The highest BCUT2D eigenvalue weighted by atomic mass is 16.5. The van der Waals surface area contributed by atoms with Gasteiger partial charge < -0.3 is 20.1 Å². The zero-order chi connectivity index (χ0) is 15.7. The normalized spacial score (nSPS) is 16.9. The van der Waals surface area contributed by atoms with Crippen LogP contribution in [-0.2, 0) is 0 Å². The van der Waals surface area contributed by atoms with Crippen molar-refractivity contribution >= 4 is 11.6 Å². The fourth-order valence-corrected chi connectivity index (χ4v) is 2.75. The summed E-state index contributed by atoms with van der Waals surface area (Å²) in [6, 6.07) is 12.6. The number of anilines is 1. The van der Waals surface area contributed by atoms with Crippen LogP contribution in [0.25, 0.3) is 0 Å². The number of nitrogens with zero attached hydrogens (tertiary/aromatic N) is 1. The van der Waals surface area contributed by atoms with Gasteiger partial charge in [-0.2, -0.15) is 0 Å². The first-order valence-electron chi connectivity index (χ1n) is 7.19. The van der Waals surface area contributed by atoms with E-state index in [0.717, 1.165) is 11.3 Å². The third kappa shape index (κ3) is 2.24. The Morgan fingerprint density at radius 3 is 2.77 bits per heavy atom. The van der Waals surface area contributed by atoms with E-state index >= 15 is 0 Å². The molecule has 0 saturated heterocycles. The maximum atomic E-state index is 12.7. The van der Waals surface area contributed by atoms with Gasteiger partial charge in [0.05, 0.1) is 12.7 Å². The molecule has 1 atom stereocenters. The number of para-hydroxylation sites is 1. The molecule has 5 nitrogen and oxygen atoms in total. The third-order valence-corrected chi connectivity index (χ3v) is 3.88. The molecule has 0 aliphatic carbocycles. The number of methoxy groups -OCH3 is 1. The van der Waals surface area contributed by atoms with Crippen LogP contribution in [-0.4, -0.2) is 29.6 Å². The van der Waals surface area contributed by atoms with Gasteiger partial charge in [-0.3, -0.25) is 4.79 Å². The standard InChI is InChI=1S/C17H18N2O3/c1-3-19-16(11-8-9-14(20)15(10-11)22-2)18-13-7-5-4-6-12(13)17(19)21/h4-10,16,18,20H,3H2,1-2H3/t16-/m1/s1. The van der Waals surface area contributed by atoms with Gasteiger partial charge in [-0.15, -0.1) is 0 Å². The number of phenolic OH excluding ortho intramolecular Hbond substituents is 1. The van der Waals surface area contributed by atoms with E-state index in [2.05, 4.69) is 5.32 Å². The number of fused-ring (bicyclic) bond motifs is 1. The maximum Gasteiger partial charge on any atom is 0.257 e. The summed E-state index contributed by atoms with van der Waals surface area (Å²) in [4.78, 5) is 14.4. The van der Waals surface area contributed by atoms with Crippen LogP contribution in [0.15, 0.2) is 42.5 Å². The second kappa shape index (κ2) is 5.60. The van der Waals surface area contributed by atoms with E-state index in [0.29, 0.717) is 17.9 Å². The minimum absolute atomic E-state index is 0.00566. The average Bonchev–Trinajstić information content (AvgIpc) is 2.55. The number of carbonyl (C=O) groups is 1. The molecule has 1 amide bonds. The molecule has 114 valence electrons. The minimum atomic E-state index is -0.290. The van der Waals surface area contributed by atoms with E-state index < -0.39 is 0 Å². The highest BCUT2D eigenvalue weighted by Gasteiger charge is 2.31. The highest BCUT2D eigenvalue weighted by molar-refractivity contribution is 6.01. The predicted molar refractivity (Wildman–Crippen MR) is 84.2 cm³/mol. The smallest absolute Gasteiger partial charge is 0.257 e. The van der Waals surface area contributed by atoms with Crippen molar-refractivity contribution < 1.29 is 14.6 Å². The molecule has 0 spiro atoms. The van der Waals surface area contributed by atoms with Crippen LogP contribution in [0.2, 0.25) is 0 Å². The molecule has 0 aromatic heterocycles. The predicted octanol–water partition coefficient (Wildman–Crippen LogP) is 2.99. The fraction of sp³-hybridized carbons (Fsp3) is 0.235. The van der Waals surface area contributed by atoms with Gasteiger partial charge in [-0.1, -0.05) is 18.2 Å². The number of rotatable bonds is 3. The van der Waals surface area contributed by atoms with Crippen LogP contribution in [0.4, 0.5) is 5.69 Å². The molecule has 1 aliphatic heterocycles. The maximum absolute atomic E-state index is 12.7. The van der Waals surface area contributed by atoms with E-state index in [1.54, 1.807) is 23.1 Å². The van der Waals surface area contributed by atoms with Crippen molar-refractivity contribution in [3.8, 4) is 11.5 Å². The van der Waals surface area contributed by atoms with Crippen LogP contribution >= 0.6 is 0 Å². The number of phenols is 1. The SMILES string of the molecule is CCN1C(=O)c2ccccc2N[C@H]1c1ccc(O)c(OC)c1. The first-order valence-corrected chi connectivity index (χ1v) is 7.19. The molecule has 3 rings (SSSR count). The molecule has 1 heterocycles. The highest BCUT2D eigenvalue weighted by Crippen LogP contribution is 2.36. The summed E-state index contributed by atoms with van der Waals surface area (Å²) in [6.45, 7) is 2.52. The van der Waals surface area contributed by atoms with Crippen molar-refractivity contribution in [1.29, 1.82) is 0 Å². The van der Waals surface area contributed by atoms with Crippen molar-refractivity contribution in [2.45, 2.75) is 13.1 Å². The number of amides is 1. The molecule has 0 radical (unpaired) electrons. The molecule has 22 heavy (non-hydrogen) atoms. The third-order valence-electron chi connectivity index (χ3n) is 3.88. The quantitative estimate of drug-likeness (QED) is 0.914. The fourth-order valence-electron chi connectivity index (χ4n) is 2.75. The van der Waals surface area contributed by atoms with E-state index in [4.69, 9.17) is 4.74 Å². The van der Waals surface area contributed by atoms with Crippen LogP contribution < -0.4 is 10.1 Å². The van der Waals surface area contributed by atoms with Gasteiger partial charge in [-0.25, -0.2) is 0 Å². The molecule has 0 bridgehead atoms. The summed E-state index contributed by atoms with van der Waals surface area (Å²) in [7, 11) is 1.51. The molecule has 2 N–H and O–H groups in total. The molecular weight excluding hydrogens is 280 g/mol. The lowest BCUT2D eigenvalue weighted by molar-refractivity contribution is 0.0694. The lowest BCUT2D eigenvalue weighted by atomic mass is 10.0. The van der Waals surface area contributed by atoms with E-state index in [1.165, 1.54) is 7.11 Å². The van der Waals surface area contributed by atoms with Gasteiger partial charge in [0.2, 0.25) is 0 Å². The van der Waals surface area contributed by atoms with Crippen molar-refractivity contribution in [2.24, 2.45) is 0 Å². The second-order valence-corrected chi connectivity index (χ2v) is 5.11. The van der Waals surface area contributed by atoms with Crippen LogP contribution in [0.1, 0.15) is 29.0 Å². The molecule has 0 fully saturated rings. The monoisotopic (exact) mass is 298 g/mol. The summed E-state index contributed by atoms with van der Waals surface area (Å²) in [6.07, 6.45) is -0.290. The van der Waals surface area contributed by atoms with Gasteiger partial charge in [0.25, 0.3) is 5.91 Å². The number of nitrogens with one attached hydrogen (secondary N) is 1. The number of hydrogen-bond donors (Lipinski definition) is 2. The molecule has 2 aromatic rings. The number of benzene rings is 2. The molecule has 1 aliphatic rings. The van der Waals surface area contributed by atoms with Gasteiger partial charge in [-0.05, 0) is 36.8 Å². The Morgan fingerprint density at radius 1 is 1.27 bits per heavy atom. The number of ether oxygens (including phenoxy) is 1. The number of aromatic hydroxyl groups is 1. The Labute approximate surface area is 129 Å². The second-order valence-electron chi connectivity index (χ2n) is 5.11. The lowest BCUT2D eigenvalue weighted by Gasteiger charge is -2.37. The summed E-state index contributed by atoms with van der Waals surface area (Å²) in [5.74, 6) is 0.465. The Balaban J connectivity index is 2.05. The van der Waals surface area contributed by atoms with Gasteiger partial charge >= 0.3 is 0 Å². The topological polar surface area (TPSA) is 61.8 Å². The largest absolute Gasteiger partial charge is 0.504 e. The first kappa shape index (κ1) is 14.3. The Kier molecular flexibility index (Phi) is 3.63. The molecule has 5 heteroatoms. The minimum Gasteiger partial charge on any atom is -0.504 e. The van der Waals surface area contributed by atoms with Gasteiger partial charge in [0.15, 0.2) is 11.5 Å². The van der Waals surface area contributed by atoms with Crippen molar-refractivity contribution in [3.05, 3.63) is 53.6 Å². The van der Waals surface area contributed by atoms with E-state index in [9.17, 15) is 9.90 Å². The van der Waals surface area contributed by atoms with Crippen molar-refractivity contribution in [1.82, 2.24) is 4.90 Å². The zero-order valence-corrected chi connectivity index (χ0v) is 12.5. The van der Waals surface area contributed by atoms with Crippen molar-refractivity contribution in [2.75, 3.05) is 19.0 Å². The number of carbonyl (C=O) groups excluding carboxylic acids is 1. The average molecular weight is 298 g/mol. The Bertz CT molecular complexity index is 715. The van der Waals surface area contributed by atoms with Crippen LogP contribution in [0.3, 0.4) is 0 Å². The Morgan fingerprint density at radius 2 is 2.05 bits per heavy atom. The lowest BCUT2D eigenvalue weighted by Crippen LogP contribution is -2.42. The molecule has 0 unspecified atom stereocenters. The molecule has 2 aromatic carbocycles. The summed E-state index contributed by atoms with van der Waals surface area (Å²) < 4.78 is 5.16. The summed E-state index contributed by atoms with van der Waals surface area (Å²) in [5, 5.41) is 13.1. The molecule has 0 saturated carbocycles. The summed E-state index contributed by atoms with van der Waals surface area (Å²) in [5.41, 5.74) is 2.35. The van der Waals surface area contributed by atoms with E-state index in [-0.39, 0.29) is 17.8 Å². The Hall–Kier alpha value is -2.69. The molecular formula is C17H18N2O3. The van der Waals surface area contributed by atoms with Crippen LogP contribution in [0, 0.1) is 0 Å². The van der Waals surface area contributed by atoms with Gasteiger partial charge in [0, 0.05) is 12.2 Å². The van der Waals surface area contributed by atoms with Gasteiger partial charge in [0.1, 0.15) is 6.17 Å². The summed E-state index contributed by atoms with van der Waals surface area (Å²) >= 11 is 0. The van der Waals surface area contributed by atoms with Crippen LogP contribution in [0.5, 0.6) is 11.5 Å². The number of hydrogen-bond acceptors (Lipinski definition) is 4.